The van der Waals surface area contributed by atoms with Gasteiger partial charge in [0.25, 0.3) is 0 Å². The number of hydrogen-bond acceptors (Lipinski definition) is 3. The Hall–Kier alpha value is -1.62. The van der Waals surface area contributed by atoms with Crippen LogP contribution < -0.4 is 0 Å². The van der Waals surface area contributed by atoms with Crippen LogP contribution in [-0.4, -0.2) is 21.3 Å². The smallest absolute Gasteiger partial charge is 0.337 e. The van der Waals surface area contributed by atoms with Crippen LogP contribution in [0.5, 0.6) is 5.75 Å². The molecule has 0 spiro atoms. The molecule has 3 N–H and O–H groups in total. The number of carbonyl (C=O) groups is 1. The molecule has 0 saturated heterocycles. The highest BCUT2D eigenvalue weighted by Crippen LogP contribution is 2.20. The van der Waals surface area contributed by atoms with Gasteiger partial charge in [-0.3, -0.25) is 0 Å². The molecule has 13 heavy (non-hydrogen) atoms. The third kappa shape index (κ3) is 1.94. The van der Waals surface area contributed by atoms with Crippen molar-refractivity contribution >= 4 is 5.97 Å². The van der Waals surface area contributed by atoms with Gasteiger partial charge in [0.2, 0.25) is 0 Å². The van der Waals surface area contributed by atoms with Crippen molar-refractivity contribution in [3.8, 4) is 5.75 Å². The summed E-state index contributed by atoms with van der Waals surface area (Å²) in [4.78, 5) is 10.3. The minimum Gasteiger partial charge on any atom is -0.505 e. The number of halogens is 1. The van der Waals surface area contributed by atoms with Gasteiger partial charge in [-0.1, -0.05) is 6.07 Å². The number of aliphatic hydroxyl groups is 1. The first-order chi connectivity index (χ1) is 6.02. The lowest BCUT2D eigenvalue weighted by molar-refractivity contribution is -0.146. The molecule has 0 unspecified atom stereocenters. The predicted molar refractivity (Wildman–Crippen MR) is 40.7 cm³/mol. The summed E-state index contributed by atoms with van der Waals surface area (Å²) in [5.41, 5.74) is -0.109. The third-order valence-corrected chi connectivity index (χ3v) is 1.52. The molecule has 0 amide bonds. The van der Waals surface area contributed by atoms with Crippen LogP contribution in [0.4, 0.5) is 4.39 Å². The van der Waals surface area contributed by atoms with Crippen molar-refractivity contribution in [2.75, 3.05) is 0 Å². The number of phenolic OH excluding ortho intramolecular Hbond substituents is 1. The van der Waals surface area contributed by atoms with Gasteiger partial charge in [-0.15, -0.1) is 0 Å². The molecule has 0 heterocycles. The van der Waals surface area contributed by atoms with Crippen LogP contribution in [0.3, 0.4) is 0 Å². The van der Waals surface area contributed by atoms with E-state index in [-0.39, 0.29) is 5.56 Å². The Labute approximate surface area is 72.9 Å². The molecule has 0 aliphatic heterocycles. The number of aromatic hydroxyl groups is 1. The van der Waals surface area contributed by atoms with Crippen LogP contribution in [0.15, 0.2) is 18.2 Å². The quantitative estimate of drug-likeness (QED) is 0.633. The highest BCUT2D eigenvalue weighted by Gasteiger charge is 2.16. The van der Waals surface area contributed by atoms with Crippen LogP contribution in [0.2, 0.25) is 0 Å². The third-order valence-electron chi connectivity index (χ3n) is 1.52. The Morgan fingerprint density at radius 2 is 2.08 bits per heavy atom. The molecule has 0 fully saturated rings. The van der Waals surface area contributed by atoms with Crippen molar-refractivity contribution in [2.24, 2.45) is 0 Å². The molecule has 1 rings (SSSR count). The lowest BCUT2D eigenvalue weighted by Crippen LogP contribution is -2.10. The summed E-state index contributed by atoms with van der Waals surface area (Å²) < 4.78 is 12.6. The van der Waals surface area contributed by atoms with E-state index in [1.807, 2.05) is 0 Å². The van der Waals surface area contributed by atoms with Crippen LogP contribution >= 0.6 is 0 Å². The van der Waals surface area contributed by atoms with Gasteiger partial charge in [0, 0.05) is 0 Å². The molecule has 0 bridgehead atoms. The Morgan fingerprint density at radius 3 is 2.54 bits per heavy atom. The summed E-state index contributed by atoms with van der Waals surface area (Å²) in [5, 5.41) is 26.1. The molecule has 0 radical (unpaired) electrons. The zero-order valence-electron chi connectivity index (χ0n) is 6.44. The number of aliphatic carboxylic acids is 1. The second-order valence-corrected chi connectivity index (χ2v) is 2.45. The maximum Gasteiger partial charge on any atom is 0.337 e. The molecule has 70 valence electrons. The molecule has 0 saturated carbocycles. The highest BCUT2D eigenvalue weighted by atomic mass is 19.1. The van der Waals surface area contributed by atoms with Crippen LogP contribution in [0, 0.1) is 5.82 Å². The maximum atomic E-state index is 12.6. The van der Waals surface area contributed by atoms with E-state index in [1.54, 1.807) is 0 Å². The fourth-order valence-electron chi connectivity index (χ4n) is 0.836. The number of carboxylic acids is 1. The van der Waals surface area contributed by atoms with Gasteiger partial charge >= 0.3 is 5.97 Å². The van der Waals surface area contributed by atoms with Crippen molar-refractivity contribution in [2.45, 2.75) is 6.10 Å². The fraction of sp³-hybridized carbons (Fsp3) is 0.125. The van der Waals surface area contributed by atoms with Crippen molar-refractivity contribution in [3.63, 3.8) is 0 Å². The number of hydrogen-bond donors (Lipinski definition) is 3. The van der Waals surface area contributed by atoms with Crippen molar-refractivity contribution < 1.29 is 24.5 Å². The van der Waals surface area contributed by atoms with Crippen LogP contribution in [0.25, 0.3) is 0 Å². The van der Waals surface area contributed by atoms with E-state index >= 15 is 0 Å². The fourth-order valence-corrected chi connectivity index (χ4v) is 0.836. The normalized spacial score (nSPS) is 12.5. The summed E-state index contributed by atoms with van der Waals surface area (Å²) in [6, 6.07) is 2.89. The average molecular weight is 186 g/mol. The molecule has 0 aromatic heterocycles. The molecule has 1 aromatic carbocycles. The predicted octanol–water partition coefficient (Wildman–Crippen LogP) is 0.649. The van der Waals surface area contributed by atoms with Gasteiger partial charge in [-0.05, 0) is 17.7 Å². The second kappa shape index (κ2) is 3.40. The first-order valence-corrected chi connectivity index (χ1v) is 3.41. The zero-order chi connectivity index (χ0) is 10.0. The topological polar surface area (TPSA) is 77.8 Å². The Morgan fingerprint density at radius 1 is 1.46 bits per heavy atom. The molecular formula is C8H7FO4. The summed E-state index contributed by atoms with van der Waals surface area (Å²) in [5.74, 6) is -3.01. The van der Waals surface area contributed by atoms with E-state index in [4.69, 9.17) is 15.3 Å². The Kier molecular flexibility index (Phi) is 2.48. The molecule has 0 aliphatic rings. The van der Waals surface area contributed by atoms with Gasteiger partial charge in [0.15, 0.2) is 17.7 Å². The maximum absolute atomic E-state index is 12.6. The Bertz CT molecular complexity index is 337. The first kappa shape index (κ1) is 9.47. The number of carboxylic acid groups (broad SMARTS) is 1. The van der Waals surface area contributed by atoms with E-state index in [2.05, 4.69) is 0 Å². The molecule has 1 aromatic rings. The minimum atomic E-state index is -1.77. The van der Waals surface area contributed by atoms with E-state index in [0.29, 0.717) is 0 Å². The second-order valence-electron chi connectivity index (χ2n) is 2.45. The number of aliphatic hydroxyl groups excluding tert-OH is 1. The van der Waals surface area contributed by atoms with Gasteiger partial charge in [0.1, 0.15) is 0 Å². The average Bonchev–Trinajstić information content (AvgIpc) is 2.08. The standard InChI is InChI=1S/C8H7FO4/c9-5-3-4(1-2-6(5)10)7(11)8(12)13/h1-3,7,10-11H,(H,12,13)/t7-/m1/s1. The van der Waals surface area contributed by atoms with Crippen LogP contribution in [-0.2, 0) is 4.79 Å². The summed E-state index contributed by atoms with van der Waals surface area (Å²) in [6.07, 6.45) is -1.77. The molecule has 5 heteroatoms. The molecule has 4 nitrogen and oxygen atoms in total. The number of phenols is 1. The summed E-state index contributed by atoms with van der Waals surface area (Å²) >= 11 is 0. The van der Waals surface area contributed by atoms with Crippen LogP contribution in [0.1, 0.15) is 11.7 Å². The number of rotatable bonds is 2. The first-order valence-electron chi connectivity index (χ1n) is 3.41. The largest absolute Gasteiger partial charge is 0.505 e. The van der Waals surface area contributed by atoms with Gasteiger partial charge in [-0.2, -0.15) is 0 Å². The van der Waals surface area contributed by atoms with Gasteiger partial charge in [0.05, 0.1) is 0 Å². The lowest BCUT2D eigenvalue weighted by Gasteiger charge is -2.05. The monoisotopic (exact) mass is 186 g/mol. The van der Waals surface area contributed by atoms with E-state index in [0.717, 1.165) is 18.2 Å². The molecule has 1 atom stereocenters. The van der Waals surface area contributed by atoms with Gasteiger partial charge < -0.3 is 15.3 Å². The van der Waals surface area contributed by atoms with Crippen molar-refractivity contribution in [3.05, 3.63) is 29.6 Å². The SMILES string of the molecule is O=C(O)[C@H](O)c1ccc(O)c(F)c1. The minimum absolute atomic E-state index is 0.109. The molecule has 0 aliphatic carbocycles. The van der Waals surface area contributed by atoms with E-state index in [9.17, 15) is 9.18 Å². The van der Waals surface area contributed by atoms with E-state index in [1.165, 1.54) is 0 Å². The lowest BCUT2D eigenvalue weighted by atomic mass is 10.1. The molecular weight excluding hydrogens is 179 g/mol. The van der Waals surface area contributed by atoms with Gasteiger partial charge in [-0.25, -0.2) is 9.18 Å². The summed E-state index contributed by atoms with van der Waals surface area (Å²) in [6.45, 7) is 0. The van der Waals surface area contributed by atoms with E-state index < -0.39 is 23.6 Å². The Balaban J connectivity index is 3.03. The zero-order valence-corrected chi connectivity index (χ0v) is 6.44. The highest BCUT2D eigenvalue weighted by molar-refractivity contribution is 5.74. The van der Waals surface area contributed by atoms with Crippen molar-refractivity contribution in [1.82, 2.24) is 0 Å². The van der Waals surface area contributed by atoms with Crippen molar-refractivity contribution in [1.29, 1.82) is 0 Å². The number of benzene rings is 1. The summed E-state index contributed by atoms with van der Waals surface area (Å²) in [7, 11) is 0.